The number of ether oxygens (including phenoxy) is 1. The summed E-state index contributed by atoms with van der Waals surface area (Å²) in [6.07, 6.45) is 1.71. The molecular weight excluding hydrogens is 214 g/mol. The number of hydrogen-bond donors (Lipinski definition) is 0. The van der Waals surface area contributed by atoms with E-state index in [0.29, 0.717) is 0 Å². The van der Waals surface area contributed by atoms with E-state index < -0.39 is 23.5 Å². The van der Waals surface area contributed by atoms with E-state index in [1.807, 2.05) is 0 Å². The van der Waals surface area contributed by atoms with Crippen LogP contribution in [0.1, 0.15) is 24.3 Å². The average molecular weight is 226 g/mol. The molecule has 0 radical (unpaired) electrons. The standard InChI is InChI=1S/C12H12F2O2/c1-16-12(15)11(7-2-3-7)9-6-8(13)4-5-10(9)14/h4-7,11H,2-3H2,1H3. The molecule has 86 valence electrons. The van der Waals surface area contributed by atoms with Crippen LogP contribution in [0.15, 0.2) is 18.2 Å². The Kier molecular flexibility index (Phi) is 2.90. The van der Waals surface area contributed by atoms with Gasteiger partial charge in [-0.2, -0.15) is 0 Å². The van der Waals surface area contributed by atoms with E-state index >= 15 is 0 Å². The molecule has 2 rings (SSSR count). The average Bonchev–Trinajstić information content (AvgIpc) is 3.07. The maximum atomic E-state index is 13.5. The molecule has 0 spiro atoms. The number of hydrogen-bond acceptors (Lipinski definition) is 2. The molecule has 0 bridgehead atoms. The van der Waals surface area contributed by atoms with Crippen molar-refractivity contribution in [3.63, 3.8) is 0 Å². The molecule has 0 aliphatic heterocycles. The van der Waals surface area contributed by atoms with Gasteiger partial charge < -0.3 is 4.74 Å². The zero-order valence-electron chi connectivity index (χ0n) is 8.87. The van der Waals surface area contributed by atoms with Crippen molar-refractivity contribution in [3.8, 4) is 0 Å². The summed E-state index contributed by atoms with van der Waals surface area (Å²) in [5.74, 6) is -2.16. The Labute approximate surface area is 92.2 Å². The highest BCUT2D eigenvalue weighted by atomic mass is 19.1. The third-order valence-corrected chi connectivity index (χ3v) is 2.84. The van der Waals surface area contributed by atoms with E-state index in [9.17, 15) is 13.6 Å². The zero-order valence-corrected chi connectivity index (χ0v) is 8.87. The van der Waals surface area contributed by atoms with Crippen molar-refractivity contribution in [2.75, 3.05) is 7.11 Å². The normalized spacial score (nSPS) is 16.9. The molecule has 1 fully saturated rings. The fourth-order valence-electron chi connectivity index (χ4n) is 1.88. The number of carbonyl (C=O) groups excluding carboxylic acids is 1. The molecule has 2 nitrogen and oxygen atoms in total. The predicted molar refractivity (Wildman–Crippen MR) is 53.8 cm³/mol. The van der Waals surface area contributed by atoms with Crippen LogP contribution in [0.2, 0.25) is 0 Å². The molecule has 1 saturated carbocycles. The lowest BCUT2D eigenvalue weighted by Gasteiger charge is -2.14. The molecule has 0 saturated heterocycles. The van der Waals surface area contributed by atoms with Gasteiger partial charge in [-0.05, 0) is 37.0 Å². The van der Waals surface area contributed by atoms with Crippen LogP contribution in [-0.4, -0.2) is 13.1 Å². The van der Waals surface area contributed by atoms with Crippen LogP contribution in [0.25, 0.3) is 0 Å². The van der Waals surface area contributed by atoms with Crippen LogP contribution >= 0.6 is 0 Å². The fourth-order valence-corrected chi connectivity index (χ4v) is 1.88. The van der Waals surface area contributed by atoms with Crippen LogP contribution in [0.5, 0.6) is 0 Å². The van der Waals surface area contributed by atoms with Gasteiger partial charge >= 0.3 is 5.97 Å². The van der Waals surface area contributed by atoms with Gasteiger partial charge in [0.2, 0.25) is 0 Å². The van der Waals surface area contributed by atoms with Crippen LogP contribution in [0.3, 0.4) is 0 Å². The number of rotatable bonds is 3. The minimum Gasteiger partial charge on any atom is -0.469 e. The molecule has 1 aromatic rings. The second-order valence-corrected chi connectivity index (χ2v) is 4.00. The third kappa shape index (κ3) is 2.05. The van der Waals surface area contributed by atoms with Crippen LogP contribution < -0.4 is 0 Å². The van der Waals surface area contributed by atoms with E-state index in [0.717, 1.165) is 31.0 Å². The maximum Gasteiger partial charge on any atom is 0.313 e. The van der Waals surface area contributed by atoms with E-state index in [4.69, 9.17) is 0 Å². The number of esters is 1. The van der Waals surface area contributed by atoms with Gasteiger partial charge in [-0.15, -0.1) is 0 Å². The van der Waals surface area contributed by atoms with Gasteiger partial charge in [0.1, 0.15) is 11.6 Å². The highest BCUT2D eigenvalue weighted by Gasteiger charge is 2.39. The Balaban J connectivity index is 2.37. The quantitative estimate of drug-likeness (QED) is 0.740. The lowest BCUT2D eigenvalue weighted by molar-refractivity contribution is -0.143. The molecule has 0 aromatic heterocycles. The zero-order chi connectivity index (χ0) is 11.7. The first kappa shape index (κ1) is 11.0. The fraction of sp³-hybridized carbons (Fsp3) is 0.417. The van der Waals surface area contributed by atoms with Crippen molar-refractivity contribution in [3.05, 3.63) is 35.4 Å². The van der Waals surface area contributed by atoms with Crippen LogP contribution in [0, 0.1) is 17.6 Å². The van der Waals surface area contributed by atoms with Crippen LogP contribution in [0.4, 0.5) is 8.78 Å². The summed E-state index contributed by atoms with van der Waals surface area (Å²) >= 11 is 0. The summed E-state index contributed by atoms with van der Waals surface area (Å²) in [5.41, 5.74) is 0.106. The molecule has 4 heteroatoms. The minimum absolute atomic E-state index is 0.0868. The number of methoxy groups -OCH3 is 1. The number of benzene rings is 1. The molecule has 0 heterocycles. The summed E-state index contributed by atoms with van der Waals surface area (Å²) in [7, 11) is 1.26. The highest BCUT2D eigenvalue weighted by Crippen LogP contribution is 2.44. The van der Waals surface area contributed by atoms with Gasteiger partial charge in [-0.3, -0.25) is 4.79 Å². The largest absolute Gasteiger partial charge is 0.469 e. The predicted octanol–water partition coefficient (Wildman–Crippen LogP) is 2.63. The van der Waals surface area contributed by atoms with Gasteiger partial charge in [0.05, 0.1) is 13.0 Å². The second kappa shape index (κ2) is 4.20. The van der Waals surface area contributed by atoms with Crippen molar-refractivity contribution in [1.82, 2.24) is 0 Å². The summed E-state index contributed by atoms with van der Waals surface area (Å²) in [4.78, 5) is 11.5. The lowest BCUT2D eigenvalue weighted by Crippen LogP contribution is -2.17. The molecule has 1 atom stereocenters. The molecular formula is C12H12F2O2. The number of carbonyl (C=O) groups is 1. The lowest BCUT2D eigenvalue weighted by atomic mass is 9.93. The van der Waals surface area contributed by atoms with E-state index in [-0.39, 0.29) is 11.5 Å². The first-order valence-corrected chi connectivity index (χ1v) is 5.16. The first-order chi connectivity index (χ1) is 7.63. The SMILES string of the molecule is COC(=O)C(c1cc(F)ccc1F)C1CC1. The molecule has 1 unspecified atom stereocenters. The van der Waals surface area contributed by atoms with E-state index in [2.05, 4.69) is 4.74 Å². The van der Waals surface area contributed by atoms with Crippen molar-refractivity contribution in [1.29, 1.82) is 0 Å². The summed E-state index contributed by atoms with van der Waals surface area (Å²) in [5, 5.41) is 0. The molecule has 1 aliphatic rings. The van der Waals surface area contributed by atoms with Crippen molar-refractivity contribution in [2.45, 2.75) is 18.8 Å². The minimum atomic E-state index is -0.666. The van der Waals surface area contributed by atoms with Crippen LogP contribution in [-0.2, 0) is 9.53 Å². The summed E-state index contributed by atoms with van der Waals surface area (Å²) in [6, 6.07) is 3.16. The van der Waals surface area contributed by atoms with E-state index in [1.54, 1.807) is 0 Å². The van der Waals surface area contributed by atoms with Crippen molar-refractivity contribution < 1.29 is 18.3 Å². The molecule has 0 amide bonds. The Morgan fingerprint density at radius 1 is 1.44 bits per heavy atom. The molecule has 1 aromatic carbocycles. The monoisotopic (exact) mass is 226 g/mol. The third-order valence-electron chi connectivity index (χ3n) is 2.84. The van der Waals surface area contributed by atoms with Gasteiger partial charge in [0, 0.05) is 5.56 Å². The van der Waals surface area contributed by atoms with E-state index in [1.165, 1.54) is 7.11 Å². The Morgan fingerprint density at radius 3 is 2.69 bits per heavy atom. The van der Waals surface area contributed by atoms with Gasteiger partial charge in [0.15, 0.2) is 0 Å². The molecule has 0 N–H and O–H groups in total. The Bertz CT molecular complexity index is 413. The van der Waals surface area contributed by atoms with Gasteiger partial charge in [-0.1, -0.05) is 0 Å². The van der Waals surface area contributed by atoms with Gasteiger partial charge in [-0.25, -0.2) is 8.78 Å². The Morgan fingerprint density at radius 2 is 2.12 bits per heavy atom. The van der Waals surface area contributed by atoms with Gasteiger partial charge in [0.25, 0.3) is 0 Å². The van der Waals surface area contributed by atoms with Crippen molar-refractivity contribution in [2.24, 2.45) is 5.92 Å². The second-order valence-electron chi connectivity index (χ2n) is 4.00. The summed E-state index contributed by atoms with van der Waals surface area (Å²) in [6.45, 7) is 0. The Hall–Kier alpha value is -1.45. The molecule has 16 heavy (non-hydrogen) atoms. The number of halogens is 2. The topological polar surface area (TPSA) is 26.3 Å². The highest BCUT2D eigenvalue weighted by molar-refractivity contribution is 5.79. The summed E-state index contributed by atoms with van der Waals surface area (Å²) < 4.78 is 31.2. The van der Waals surface area contributed by atoms with Crippen molar-refractivity contribution >= 4 is 5.97 Å². The smallest absolute Gasteiger partial charge is 0.313 e. The maximum absolute atomic E-state index is 13.5. The molecule has 1 aliphatic carbocycles. The first-order valence-electron chi connectivity index (χ1n) is 5.16.